The average molecular weight is 561 g/mol. The van der Waals surface area contributed by atoms with Gasteiger partial charge in [-0.3, -0.25) is 14.4 Å². The van der Waals surface area contributed by atoms with Crippen molar-refractivity contribution in [3.63, 3.8) is 0 Å². The summed E-state index contributed by atoms with van der Waals surface area (Å²) in [6, 6.07) is 22.6. The Hall–Kier alpha value is -5.22. The Morgan fingerprint density at radius 3 is 2.36 bits per heavy atom. The minimum Gasteiger partial charge on any atom is -0.462 e. The maximum atomic E-state index is 13.3. The van der Waals surface area contributed by atoms with Crippen LogP contribution in [0.15, 0.2) is 90.5 Å². The number of rotatable bonds is 11. The van der Waals surface area contributed by atoms with Gasteiger partial charge in [0.2, 0.25) is 11.8 Å². The number of benzene rings is 3. The summed E-state index contributed by atoms with van der Waals surface area (Å²) in [5, 5.41) is 2.87. The lowest BCUT2D eigenvalue weighted by atomic mass is 10.0. The number of esters is 1. The first-order chi connectivity index (χ1) is 20.5. The Labute approximate surface area is 245 Å². The summed E-state index contributed by atoms with van der Waals surface area (Å²) < 4.78 is 4.94. The number of hydrogen-bond acceptors (Lipinski definition) is 5. The first-order valence-corrected chi connectivity index (χ1v) is 13.9. The first-order valence-electron chi connectivity index (χ1n) is 13.9. The SMILES string of the molecule is CCOC(=O)C(/C=C/c1ccc(NC(=O)CCCCC(=O)N2Cc3ccccc3C#Cc3ccccc32)cc1)=C/C=O. The van der Waals surface area contributed by atoms with E-state index >= 15 is 0 Å². The number of anilines is 2. The van der Waals surface area contributed by atoms with Crippen LogP contribution in [0.4, 0.5) is 11.4 Å². The molecule has 0 bridgehead atoms. The summed E-state index contributed by atoms with van der Waals surface area (Å²) >= 11 is 0. The Balaban J connectivity index is 1.28. The molecule has 1 heterocycles. The fraction of sp³-hybridized carbons (Fsp3) is 0.200. The van der Waals surface area contributed by atoms with Crippen molar-refractivity contribution in [2.75, 3.05) is 16.8 Å². The molecular formula is C35H32N2O5. The van der Waals surface area contributed by atoms with Crippen LogP contribution in [0.25, 0.3) is 6.08 Å². The molecular weight excluding hydrogens is 528 g/mol. The van der Waals surface area contributed by atoms with E-state index in [-0.39, 0.29) is 24.0 Å². The van der Waals surface area contributed by atoms with E-state index in [1.807, 2.05) is 48.5 Å². The predicted molar refractivity (Wildman–Crippen MR) is 163 cm³/mol. The van der Waals surface area contributed by atoms with Crippen LogP contribution in [-0.2, 0) is 30.5 Å². The van der Waals surface area contributed by atoms with Gasteiger partial charge >= 0.3 is 5.97 Å². The molecule has 0 saturated carbocycles. The quantitative estimate of drug-likeness (QED) is 0.0795. The number of para-hydroxylation sites is 1. The molecule has 212 valence electrons. The van der Waals surface area contributed by atoms with E-state index in [2.05, 4.69) is 17.2 Å². The highest BCUT2D eigenvalue weighted by molar-refractivity contribution is 5.97. The van der Waals surface area contributed by atoms with Gasteiger partial charge < -0.3 is 15.0 Å². The fourth-order valence-corrected chi connectivity index (χ4v) is 4.47. The maximum Gasteiger partial charge on any atom is 0.338 e. The van der Waals surface area contributed by atoms with Gasteiger partial charge in [-0.1, -0.05) is 60.4 Å². The monoisotopic (exact) mass is 560 g/mol. The minimum atomic E-state index is -0.572. The number of ether oxygens (including phenoxy) is 1. The molecule has 7 nitrogen and oxygen atoms in total. The Morgan fingerprint density at radius 1 is 0.905 bits per heavy atom. The molecule has 0 saturated heterocycles. The molecule has 1 N–H and O–H groups in total. The number of fused-ring (bicyclic) bond motifs is 2. The third kappa shape index (κ3) is 8.15. The lowest BCUT2D eigenvalue weighted by Crippen LogP contribution is -2.31. The molecule has 2 amide bonds. The second-order valence-electron chi connectivity index (χ2n) is 9.59. The molecule has 0 aromatic heterocycles. The van der Waals surface area contributed by atoms with Crippen molar-refractivity contribution in [2.24, 2.45) is 0 Å². The highest BCUT2D eigenvalue weighted by atomic mass is 16.5. The standard InChI is InChI=1S/C35H32N2O5/c1-2-42-35(41)29(23-24-38)18-15-26-16-21-31(22-17-26)36-33(39)13-7-8-14-34(40)37-25-30-11-4-3-9-27(30)19-20-28-10-5-6-12-32(28)37/h3-6,9-12,15-18,21-24H,2,7-8,13-14,25H2,1H3,(H,36,39)/b18-15+,29-23+. The lowest BCUT2D eigenvalue weighted by molar-refractivity contribution is -0.138. The normalized spacial score (nSPS) is 12.2. The molecule has 0 unspecified atom stereocenters. The smallest absolute Gasteiger partial charge is 0.338 e. The summed E-state index contributed by atoms with van der Waals surface area (Å²) in [6.07, 6.45) is 6.66. The van der Waals surface area contributed by atoms with Crippen molar-refractivity contribution in [1.82, 2.24) is 0 Å². The Kier molecular flexibility index (Phi) is 10.6. The number of nitrogens with zero attached hydrogens (tertiary/aromatic N) is 1. The first kappa shape index (κ1) is 29.8. The van der Waals surface area contributed by atoms with Gasteiger partial charge in [-0.15, -0.1) is 0 Å². The molecule has 0 fully saturated rings. The van der Waals surface area contributed by atoms with Crippen LogP contribution in [0.5, 0.6) is 0 Å². The predicted octanol–water partition coefficient (Wildman–Crippen LogP) is 5.83. The zero-order chi connectivity index (χ0) is 29.7. The third-order valence-electron chi connectivity index (χ3n) is 6.63. The van der Waals surface area contributed by atoms with Crippen molar-refractivity contribution in [3.05, 3.63) is 113 Å². The second kappa shape index (κ2) is 15.0. The van der Waals surface area contributed by atoms with Crippen molar-refractivity contribution in [1.29, 1.82) is 0 Å². The number of amides is 2. The third-order valence-corrected chi connectivity index (χ3v) is 6.63. The zero-order valence-electron chi connectivity index (χ0n) is 23.5. The van der Waals surface area contributed by atoms with Gasteiger partial charge in [-0.25, -0.2) is 4.79 Å². The van der Waals surface area contributed by atoms with Crippen molar-refractivity contribution >= 4 is 41.5 Å². The molecule has 1 aliphatic rings. The van der Waals surface area contributed by atoms with Gasteiger partial charge in [-0.2, -0.15) is 0 Å². The number of carbonyl (C=O) groups is 4. The highest BCUT2D eigenvalue weighted by Crippen LogP contribution is 2.26. The van der Waals surface area contributed by atoms with E-state index in [0.717, 1.165) is 34.0 Å². The molecule has 7 heteroatoms. The number of hydrogen-bond donors (Lipinski definition) is 1. The molecule has 4 rings (SSSR count). The van der Waals surface area contributed by atoms with E-state index in [1.165, 1.54) is 6.08 Å². The van der Waals surface area contributed by atoms with Gasteiger partial charge in [0.15, 0.2) is 0 Å². The zero-order valence-corrected chi connectivity index (χ0v) is 23.5. The number of unbranched alkanes of at least 4 members (excludes halogenated alkanes) is 1. The molecule has 0 aliphatic carbocycles. The second-order valence-corrected chi connectivity index (χ2v) is 9.59. The van der Waals surface area contributed by atoms with Crippen molar-refractivity contribution in [3.8, 4) is 11.8 Å². The average Bonchev–Trinajstić information content (AvgIpc) is 2.99. The topological polar surface area (TPSA) is 92.8 Å². The van der Waals surface area contributed by atoms with Crippen LogP contribution in [0.1, 0.15) is 54.9 Å². The number of nitrogens with one attached hydrogen (secondary N) is 1. The molecule has 0 spiro atoms. The largest absolute Gasteiger partial charge is 0.462 e. The minimum absolute atomic E-state index is 0.000828. The van der Waals surface area contributed by atoms with Crippen LogP contribution in [0, 0.1) is 11.8 Å². The van der Waals surface area contributed by atoms with E-state index in [1.54, 1.807) is 42.2 Å². The lowest BCUT2D eigenvalue weighted by Gasteiger charge is -2.26. The summed E-state index contributed by atoms with van der Waals surface area (Å²) in [5.41, 5.74) is 5.12. The molecule has 3 aromatic rings. The fourth-order valence-electron chi connectivity index (χ4n) is 4.47. The highest BCUT2D eigenvalue weighted by Gasteiger charge is 2.20. The van der Waals surface area contributed by atoms with E-state index in [0.29, 0.717) is 44.2 Å². The van der Waals surface area contributed by atoms with Crippen LogP contribution in [0.3, 0.4) is 0 Å². The van der Waals surface area contributed by atoms with Gasteiger partial charge in [-0.05, 0) is 73.4 Å². The van der Waals surface area contributed by atoms with Crippen LogP contribution < -0.4 is 10.2 Å². The molecule has 42 heavy (non-hydrogen) atoms. The summed E-state index contributed by atoms with van der Waals surface area (Å²) in [4.78, 5) is 50.4. The van der Waals surface area contributed by atoms with Crippen LogP contribution >= 0.6 is 0 Å². The van der Waals surface area contributed by atoms with Gasteiger partial charge in [0, 0.05) is 29.7 Å². The van der Waals surface area contributed by atoms with E-state index in [4.69, 9.17) is 4.74 Å². The van der Waals surface area contributed by atoms with Crippen molar-refractivity contribution < 1.29 is 23.9 Å². The molecule has 3 aromatic carbocycles. The Morgan fingerprint density at radius 2 is 1.60 bits per heavy atom. The maximum absolute atomic E-state index is 13.3. The molecule has 1 aliphatic heterocycles. The van der Waals surface area contributed by atoms with Crippen LogP contribution in [0.2, 0.25) is 0 Å². The number of aldehydes is 1. The van der Waals surface area contributed by atoms with Gasteiger partial charge in [0.1, 0.15) is 6.29 Å². The van der Waals surface area contributed by atoms with E-state index in [9.17, 15) is 19.2 Å². The summed E-state index contributed by atoms with van der Waals surface area (Å²) in [5.74, 6) is 5.73. The summed E-state index contributed by atoms with van der Waals surface area (Å²) in [6.45, 7) is 2.36. The molecule has 0 atom stereocenters. The van der Waals surface area contributed by atoms with Gasteiger partial charge in [0.05, 0.1) is 24.4 Å². The number of carbonyl (C=O) groups excluding carboxylic acids is 4. The van der Waals surface area contributed by atoms with Gasteiger partial charge in [0.25, 0.3) is 0 Å². The van der Waals surface area contributed by atoms with Crippen molar-refractivity contribution in [2.45, 2.75) is 39.2 Å². The number of allylic oxidation sites excluding steroid dienone is 1. The Bertz CT molecular complexity index is 1570. The van der Waals surface area contributed by atoms with E-state index < -0.39 is 5.97 Å². The van der Waals surface area contributed by atoms with Crippen LogP contribution in [-0.4, -0.2) is 30.7 Å². The molecule has 0 radical (unpaired) electrons. The summed E-state index contributed by atoms with van der Waals surface area (Å²) in [7, 11) is 0.